The topological polar surface area (TPSA) is 9.23 Å². The first-order valence-electron chi connectivity index (χ1n) is 7.67. The molecule has 0 radical (unpaired) electrons. The van der Waals surface area contributed by atoms with Gasteiger partial charge in [0.05, 0.1) is 6.10 Å². The second kappa shape index (κ2) is 5.03. The van der Waals surface area contributed by atoms with E-state index < -0.39 is 8.32 Å². The van der Waals surface area contributed by atoms with Crippen LogP contribution in [0.5, 0.6) is 0 Å². The summed E-state index contributed by atoms with van der Waals surface area (Å²) in [5, 5.41) is 0.533. The van der Waals surface area contributed by atoms with Crippen LogP contribution in [0.1, 0.15) is 68.7 Å². The van der Waals surface area contributed by atoms with E-state index in [1.807, 2.05) is 0 Å². The number of rotatable bonds is 2. The van der Waals surface area contributed by atoms with E-state index in [2.05, 4.69) is 68.9 Å². The maximum atomic E-state index is 6.89. The van der Waals surface area contributed by atoms with Crippen molar-refractivity contribution in [3.05, 3.63) is 12.2 Å². The number of hydrogen-bond acceptors (Lipinski definition) is 1. The molecule has 1 nitrogen and oxygen atoms in total. The van der Waals surface area contributed by atoms with Crippen LogP contribution in [0.4, 0.5) is 0 Å². The van der Waals surface area contributed by atoms with Gasteiger partial charge in [-0.2, -0.15) is 0 Å². The van der Waals surface area contributed by atoms with Crippen molar-refractivity contribution in [3.8, 4) is 0 Å². The van der Waals surface area contributed by atoms with E-state index in [1.54, 1.807) is 0 Å². The van der Waals surface area contributed by atoms with Crippen LogP contribution in [0, 0.1) is 5.92 Å². The van der Waals surface area contributed by atoms with Crippen molar-refractivity contribution in [2.45, 2.75) is 90.5 Å². The van der Waals surface area contributed by atoms with Crippen LogP contribution >= 0.6 is 0 Å². The molecule has 0 unspecified atom stereocenters. The molecule has 1 aliphatic heterocycles. The van der Waals surface area contributed by atoms with Crippen LogP contribution in [0.2, 0.25) is 15.6 Å². The van der Waals surface area contributed by atoms with Gasteiger partial charge in [-0.25, -0.2) is 0 Å². The molecule has 0 N–H and O–H groups in total. The summed E-state index contributed by atoms with van der Waals surface area (Å²) in [4.78, 5) is 0. The number of hydrogen-bond donors (Lipinski definition) is 0. The third kappa shape index (κ3) is 2.71. The molecule has 1 aliphatic rings. The summed E-state index contributed by atoms with van der Waals surface area (Å²) in [6.45, 7) is 25.3. The Kier molecular flexibility index (Phi) is 4.50. The normalized spacial score (nSPS) is 31.5. The van der Waals surface area contributed by atoms with E-state index in [0.717, 1.165) is 6.42 Å². The van der Waals surface area contributed by atoms with Gasteiger partial charge in [-0.05, 0) is 34.9 Å². The SMILES string of the molecule is C=C(C)C[C@H]1O[Si](C(C)(C)C)(C(C)(C)C)[C@H](C)[C@H]1C. The monoisotopic (exact) mass is 282 g/mol. The van der Waals surface area contributed by atoms with Crippen LogP contribution < -0.4 is 0 Å². The van der Waals surface area contributed by atoms with Gasteiger partial charge in [0, 0.05) is 0 Å². The quantitative estimate of drug-likeness (QED) is 0.451. The second-order valence-corrected chi connectivity index (χ2v) is 14.3. The minimum atomic E-state index is -1.87. The summed E-state index contributed by atoms with van der Waals surface area (Å²) in [7, 11) is -1.87. The van der Waals surface area contributed by atoms with Crippen LogP contribution in [0.15, 0.2) is 12.2 Å². The van der Waals surface area contributed by atoms with Gasteiger partial charge in [0.2, 0.25) is 8.32 Å². The molecule has 1 saturated heterocycles. The average Bonchev–Trinajstić information content (AvgIpc) is 2.40. The van der Waals surface area contributed by atoms with E-state index in [0.29, 0.717) is 17.6 Å². The van der Waals surface area contributed by atoms with Crippen LogP contribution in [0.25, 0.3) is 0 Å². The minimum absolute atomic E-state index is 0.267. The summed E-state index contributed by atoms with van der Waals surface area (Å²) in [5.41, 5.74) is 1.94. The second-order valence-electron chi connectivity index (χ2n) is 8.70. The predicted molar refractivity (Wildman–Crippen MR) is 88.1 cm³/mol. The van der Waals surface area contributed by atoms with Gasteiger partial charge >= 0.3 is 0 Å². The first-order chi connectivity index (χ1) is 8.34. The highest BCUT2D eigenvalue weighted by atomic mass is 28.4. The molecule has 0 amide bonds. The van der Waals surface area contributed by atoms with E-state index in [9.17, 15) is 0 Å². The largest absolute Gasteiger partial charge is 0.412 e. The van der Waals surface area contributed by atoms with Crippen molar-refractivity contribution >= 4 is 8.32 Å². The van der Waals surface area contributed by atoms with Crippen molar-refractivity contribution in [3.63, 3.8) is 0 Å². The van der Waals surface area contributed by atoms with Gasteiger partial charge in [0.1, 0.15) is 0 Å². The summed E-state index contributed by atoms with van der Waals surface area (Å²) >= 11 is 0. The third-order valence-corrected chi connectivity index (χ3v) is 12.1. The molecule has 3 atom stereocenters. The predicted octanol–water partition coefficient (Wildman–Crippen LogP) is 5.92. The zero-order valence-corrected chi connectivity index (χ0v) is 15.6. The summed E-state index contributed by atoms with van der Waals surface area (Å²) in [6, 6.07) is 0. The molecule has 1 rings (SSSR count). The Hall–Kier alpha value is -0.0831. The third-order valence-electron chi connectivity index (χ3n) is 5.13. The van der Waals surface area contributed by atoms with E-state index in [4.69, 9.17) is 4.43 Å². The fourth-order valence-electron chi connectivity index (χ4n) is 4.56. The lowest BCUT2D eigenvalue weighted by molar-refractivity contribution is 0.166. The molecule has 1 heterocycles. The maximum absolute atomic E-state index is 6.89. The first kappa shape index (κ1) is 17.0. The zero-order chi connectivity index (χ0) is 15.2. The summed E-state index contributed by atoms with van der Waals surface area (Å²) in [6.07, 6.45) is 1.39. The Morgan fingerprint density at radius 3 is 1.74 bits per heavy atom. The van der Waals surface area contributed by atoms with Crippen LogP contribution in [-0.2, 0) is 4.43 Å². The van der Waals surface area contributed by atoms with Crippen LogP contribution in [0.3, 0.4) is 0 Å². The fourth-order valence-corrected chi connectivity index (χ4v) is 12.2. The van der Waals surface area contributed by atoms with Gasteiger partial charge in [0.25, 0.3) is 0 Å². The standard InChI is InChI=1S/C17H34OSi/c1-12(2)11-15-13(3)14(4)19(18-15,16(5,6)7)17(8,9)10/h13-15H,1,11H2,2-10H3/t13-,14-,15-/m1/s1. The molecule has 0 aromatic heterocycles. The summed E-state index contributed by atoms with van der Waals surface area (Å²) < 4.78 is 6.89. The Balaban J connectivity index is 3.25. The van der Waals surface area contributed by atoms with Crippen LogP contribution in [-0.4, -0.2) is 14.4 Å². The molecule has 0 bridgehead atoms. The lowest BCUT2D eigenvalue weighted by Gasteiger charge is -2.51. The highest BCUT2D eigenvalue weighted by Gasteiger charge is 2.64. The molecule has 0 spiro atoms. The van der Waals surface area contributed by atoms with Gasteiger partial charge in [-0.1, -0.05) is 61.0 Å². The fraction of sp³-hybridized carbons (Fsp3) is 0.882. The van der Waals surface area contributed by atoms with Crippen molar-refractivity contribution < 1.29 is 4.43 Å². The Labute approximate surface area is 122 Å². The molecule has 112 valence electrons. The Morgan fingerprint density at radius 1 is 1.05 bits per heavy atom. The van der Waals surface area contributed by atoms with Crippen molar-refractivity contribution in [1.29, 1.82) is 0 Å². The Bertz CT molecular complexity index is 331. The highest BCUT2D eigenvalue weighted by Crippen LogP contribution is 2.63. The van der Waals surface area contributed by atoms with Gasteiger partial charge < -0.3 is 4.43 Å². The molecular weight excluding hydrogens is 248 g/mol. The molecule has 0 aromatic rings. The van der Waals surface area contributed by atoms with Gasteiger partial charge in [-0.15, -0.1) is 6.58 Å². The molecule has 0 aliphatic carbocycles. The molecule has 0 saturated carbocycles. The van der Waals surface area contributed by atoms with Gasteiger partial charge in [-0.3, -0.25) is 0 Å². The van der Waals surface area contributed by atoms with Crippen molar-refractivity contribution in [2.75, 3.05) is 0 Å². The van der Waals surface area contributed by atoms with E-state index >= 15 is 0 Å². The Morgan fingerprint density at radius 2 is 1.47 bits per heavy atom. The first-order valence-corrected chi connectivity index (χ1v) is 9.65. The zero-order valence-electron chi connectivity index (χ0n) is 14.6. The smallest absolute Gasteiger partial charge is 0.206 e. The van der Waals surface area contributed by atoms with Gasteiger partial charge in [0.15, 0.2) is 0 Å². The molecule has 1 fully saturated rings. The van der Waals surface area contributed by atoms with E-state index in [1.165, 1.54) is 5.57 Å². The highest BCUT2D eigenvalue weighted by molar-refractivity contribution is 6.81. The molecular formula is C17H34OSi. The average molecular weight is 283 g/mol. The lowest BCUT2D eigenvalue weighted by atomic mass is 9.96. The maximum Gasteiger partial charge on any atom is 0.206 e. The van der Waals surface area contributed by atoms with Crippen molar-refractivity contribution in [1.82, 2.24) is 0 Å². The minimum Gasteiger partial charge on any atom is -0.412 e. The molecule has 0 aromatic carbocycles. The molecule has 19 heavy (non-hydrogen) atoms. The molecule has 2 heteroatoms. The van der Waals surface area contributed by atoms with E-state index in [-0.39, 0.29) is 10.1 Å². The lowest BCUT2D eigenvalue weighted by Crippen LogP contribution is -2.55. The summed E-state index contributed by atoms with van der Waals surface area (Å²) in [5.74, 6) is 0.641. The van der Waals surface area contributed by atoms with Crippen molar-refractivity contribution in [2.24, 2.45) is 5.92 Å².